The standard InChI is InChI=1S/C16H14Cl2O7/c1-23-8-2-7-3-9(24-14(22)12(7)10(19)4-8)5-16(15(17)18)6-11(20)13(21)25-16/h2-4,11,15,19-20H,5-6H2,1H3. The number of aliphatic hydroxyl groups excluding tert-OH is 1. The molecule has 0 bridgehead atoms. The van der Waals surface area contributed by atoms with Gasteiger partial charge in [-0.2, -0.15) is 0 Å². The van der Waals surface area contributed by atoms with Gasteiger partial charge in [0.15, 0.2) is 11.7 Å². The minimum Gasteiger partial charge on any atom is -0.507 e. The maximum atomic E-state index is 12.2. The number of methoxy groups -OCH3 is 1. The van der Waals surface area contributed by atoms with Crippen LogP contribution in [0.15, 0.2) is 27.4 Å². The van der Waals surface area contributed by atoms with Crippen molar-refractivity contribution in [2.24, 2.45) is 0 Å². The molecule has 2 atom stereocenters. The fourth-order valence-electron chi connectivity index (χ4n) is 2.87. The van der Waals surface area contributed by atoms with Crippen LogP contribution in [-0.2, 0) is 16.0 Å². The number of cyclic esters (lactones) is 1. The van der Waals surface area contributed by atoms with Crippen molar-refractivity contribution in [3.8, 4) is 11.5 Å². The van der Waals surface area contributed by atoms with Gasteiger partial charge in [0.25, 0.3) is 0 Å². The maximum absolute atomic E-state index is 12.2. The molecule has 0 saturated carbocycles. The second-order valence-electron chi connectivity index (χ2n) is 5.79. The number of phenolic OH excluding ortho intramolecular Hbond substituents is 1. The van der Waals surface area contributed by atoms with Crippen molar-refractivity contribution in [1.29, 1.82) is 0 Å². The van der Waals surface area contributed by atoms with Crippen molar-refractivity contribution in [2.45, 2.75) is 29.4 Å². The summed E-state index contributed by atoms with van der Waals surface area (Å²) in [5.74, 6) is -0.627. The number of aromatic hydroxyl groups is 1. The summed E-state index contributed by atoms with van der Waals surface area (Å²) in [5, 5.41) is 20.0. The molecule has 9 heteroatoms. The third-order valence-corrected chi connectivity index (χ3v) is 4.88. The third-order valence-electron chi connectivity index (χ3n) is 4.09. The van der Waals surface area contributed by atoms with E-state index >= 15 is 0 Å². The Labute approximate surface area is 151 Å². The van der Waals surface area contributed by atoms with Crippen LogP contribution in [0.4, 0.5) is 0 Å². The molecule has 1 aliphatic rings. The number of hydrogen-bond donors (Lipinski definition) is 2. The van der Waals surface area contributed by atoms with Crippen LogP contribution in [0.25, 0.3) is 10.8 Å². The van der Waals surface area contributed by atoms with Crippen LogP contribution in [-0.4, -0.2) is 39.8 Å². The van der Waals surface area contributed by atoms with Crippen molar-refractivity contribution < 1.29 is 28.9 Å². The maximum Gasteiger partial charge on any atom is 0.347 e. The number of halogens is 2. The average Bonchev–Trinajstić information content (AvgIpc) is 2.81. The van der Waals surface area contributed by atoms with Crippen LogP contribution in [0.2, 0.25) is 0 Å². The number of hydrogen-bond acceptors (Lipinski definition) is 7. The first-order valence-corrected chi connectivity index (χ1v) is 8.16. The van der Waals surface area contributed by atoms with E-state index in [1.165, 1.54) is 19.2 Å². The van der Waals surface area contributed by atoms with E-state index < -0.39 is 28.1 Å². The first kappa shape index (κ1) is 17.8. The van der Waals surface area contributed by atoms with Gasteiger partial charge in [0.2, 0.25) is 0 Å². The summed E-state index contributed by atoms with van der Waals surface area (Å²) in [6.45, 7) is 0. The van der Waals surface area contributed by atoms with Gasteiger partial charge < -0.3 is 24.1 Å². The van der Waals surface area contributed by atoms with E-state index in [0.717, 1.165) is 0 Å². The van der Waals surface area contributed by atoms with Gasteiger partial charge in [0.05, 0.1) is 7.11 Å². The molecule has 2 N–H and O–H groups in total. The molecule has 3 rings (SSSR count). The molecule has 134 valence electrons. The SMILES string of the molecule is COc1cc(O)c2c(=O)oc(CC3(C(Cl)Cl)CC(O)C(=O)O3)cc2c1. The Hall–Kier alpha value is -1.96. The number of phenols is 1. The number of fused-ring (bicyclic) bond motifs is 1. The number of rotatable bonds is 4. The van der Waals surface area contributed by atoms with Crippen LogP contribution < -0.4 is 10.4 Å². The van der Waals surface area contributed by atoms with Gasteiger partial charge in [-0.25, -0.2) is 9.59 Å². The molecule has 2 unspecified atom stereocenters. The van der Waals surface area contributed by atoms with E-state index in [4.69, 9.17) is 37.1 Å². The van der Waals surface area contributed by atoms with Crippen LogP contribution in [0.3, 0.4) is 0 Å². The summed E-state index contributed by atoms with van der Waals surface area (Å²) in [6.07, 6.45) is -1.60. The Kier molecular flexibility index (Phi) is 4.57. The van der Waals surface area contributed by atoms with Gasteiger partial charge in [-0.1, -0.05) is 0 Å². The normalized spacial score (nSPS) is 23.2. The summed E-state index contributed by atoms with van der Waals surface area (Å²) in [6, 6.07) is 4.34. The highest BCUT2D eigenvalue weighted by molar-refractivity contribution is 6.45. The predicted molar refractivity (Wildman–Crippen MR) is 89.3 cm³/mol. The van der Waals surface area contributed by atoms with Crippen molar-refractivity contribution >= 4 is 39.9 Å². The highest BCUT2D eigenvalue weighted by atomic mass is 35.5. The van der Waals surface area contributed by atoms with Gasteiger partial charge in [-0.15, -0.1) is 23.2 Å². The zero-order valence-electron chi connectivity index (χ0n) is 13.0. The van der Waals surface area contributed by atoms with E-state index in [-0.39, 0.29) is 29.7 Å². The number of aliphatic hydroxyl groups is 1. The molecule has 0 amide bonds. The number of alkyl halides is 2. The lowest BCUT2D eigenvalue weighted by atomic mass is 9.94. The van der Waals surface area contributed by atoms with E-state index in [1.807, 2.05) is 0 Å². The second kappa shape index (κ2) is 6.40. The molecule has 7 nitrogen and oxygen atoms in total. The number of ether oxygens (including phenoxy) is 2. The zero-order valence-corrected chi connectivity index (χ0v) is 14.5. The van der Waals surface area contributed by atoms with Gasteiger partial charge in [-0.05, 0) is 17.5 Å². The topological polar surface area (TPSA) is 106 Å². The second-order valence-corrected chi connectivity index (χ2v) is 6.89. The van der Waals surface area contributed by atoms with Crippen LogP contribution in [0.1, 0.15) is 12.2 Å². The van der Waals surface area contributed by atoms with Crippen molar-refractivity contribution in [1.82, 2.24) is 0 Å². The Bertz CT molecular complexity index is 892. The molecule has 0 spiro atoms. The van der Waals surface area contributed by atoms with Crippen molar-refractivity contribution in [2.75, 3.05) is 7.11 Å². The largest absolute Gasteiger partial charge is 0.507 e. The monoisotopic (exact) mass is 388 g/mol. The molecule has 1 aromatic carbocycles. The first-order valence-electron chi connectivity index (χ1n) is 7.28. The Morgan fingerprint density at radius 2 is 2.08 bits per heavy atom. The van der Waals surface area contributed by atoms with Crippen LogP contribution in [0.5, 0.6) is 11.5 Å². The molecular weight excluding hydrogens is 375 g/mol. The predicted octanol–water partition coefficient (Wildman–Crippen LogP) is 1.90. The summed E-state index contributed by atoms with van der Waals surface area (Å²) >= 11 is 11.9. The smallest absolute Gasteiger partial charge is 0.347 e. The minimum absolute atomic E-state index is 0.00431. The third kappa shape index (κ3) is 3.15. The zero-order chi connectivity index (χ0) is 18.4. The van der Waals surface area contributed by atoms with Crippen molar-refractivity contribution in [3.63, 3.8) is 0 Å². The summed E-state index contributed by atoms with van der Waals surface area (Å²) in [5.41, 5.74) is -2.18. The summed E-state index contributed by atoms with van der Waals surface area (Å²) in [7, 11) is 1.42. The van der Waals surface area contributed by atoms with Gasteiger partial charge in [0.1, 0.15) is 27.5 Å². The minimum atomic E-state index is -1.41. The highest BCUT2D eigenvalue weighted by Gasteiger charge is 2.51. The molecule has 1 fully saturated rings. The fraction of sp³-hybridized carbons (Fsp3) is 0.375. The van der Waals surface area contributed by atoms with E-state index in [2.05, 4.69) is 0 Å². The lowest BCUT2D eigenvalue weighted by molar-refractivity contribution is -0.152. The van der Waals surface area contributed by atoms with Gasteiger partial charge in [0, 0.05) is 18.9 Å². The van der Waals surface area contributed by atoms with Gasteiger partial charge in [-0.3, -0.25) is 0 Å². The molecule has 0 aliphatic carbocycles. The van der Waals surface area contributed by atoms with E-state index in [0.29, 0.717) is 11.1 Å². The molecule has 25 heavy (non-hydrogen) atoms. The van der Waals surface area contributed by atoms with E-state index in [9.17, 15) is 19.8 Å². The van der Waals surface area contributed by atoms with E-state index in [1.54, 1.807) is 6.07 Å². The van der Waals surface area contributed by atoms with Crippen LogP contribution >= 0.6 is 23.2 Å². The summed E-state index contributed by atoms with van der Waals surface area (Å²) in [4.78, 5) is 22.6. The number of esters is 1. The molecule has 1 aromatic heterocycles. The fourth-order valence-corrected chi connectivity index (χ4v) is 3.29. The molecular formula is C16H14Cl2O7. The number of carbonyl (C=O) groups is 1. The Balaban J connectivity index is 2.07. The van der Waals surface area contributed by atoms with Gasteiger partial charge >= 0.3 is 11.6 Å². The highest BCUT2D eigenvalue weighted by Crippen LogP contribution is 2.39. The first-order chi connectivity index (χ1) is 11.8. The molecule has 1 aliphatic heterocycles. The lowest BCUT2D eigenvalue weighted by Gasteiger charge is -2.28. The number of benzene rings is 1. The summed E-state index contributed by atoms with van der Waals surface area (Å²) < 4.78 is 15.4. The molecule has 1 saturated heterocycles. The molecule has 2 heterocycles. The molecule has 0 radical (unpaired) electrons. The Morgan fingerprint density at radius 3 is 2.64 bits per heavy atom. The lowest BCUT2D eigenvalue weighted by Crippen LogP contribution is -2.39. The number of carbonyl (C=O) groups excluding carboxylic acids is 1. The van der Waals surface area contributed by atoms with Crippen LogP contribution in [0, 0.1) is 0 Å². The molecule has 2 aromatic rings. The Morgan fingerprint density at radius 1 is 1.36 bits per heavy atom. The average molecular weight is 389 g/mol. The quantitative estimate of drug-likeness (QED) is 0.608. The van der Waals surface area contributed by atoms with Crippen molar-refractivity contribution in [3.05, 3.63) is 34.4 Å².